The third-order valence-electron chi connectivity index (χ3n) is 4.49. The van der Waals surface area contributed by atoms with E-state index in [-0.39, 0.29) is 18.0 Å². The predicted molar refractivity (Wildman–Crippen MR) is 91.1 cm³/mol. The molecule has 128 valence electrons. The number of carbonyl (C=O) groups excluding carboxylic acids is 1. The zero-order valence-corrected chi connectivity index (χ0v) is 14.1. The largest absolute Gasteiger partial charge is 0.497 e. The van der Waals surface area contributed by atoms with Crippen LogP contribution in [0.4, 0.5) is 5.69 Å². The molecule has 1 aromatic heterocycles. The highest BCUT2D eigenvalue weighted by molar-refractivity contribution is 5.80. The van der Waals surface area contributed by atoms with Crippen molar-refractivity contribution in [3.05, 3.63) is 36.9 Å². The second kappa shape index (κ2) is 7.33. The molecule has 1 saturated heterocycles. The van der Waals surface area contributed by atoms with Crippen LogP contribution in [0.1, 0.15) is 25.8 Å². The molecule has 0 saturated carbocycles. The molecule has 1 aliphatic heterocycles. The number of hydrogen-bond acceptors (Lipinski definition) is 5. The minimum Gasteiger partial charge on any atom is -0.497 e. The van der Waals surface area contributed by atoms with Gasteiger partial charge in [0.25, 0.3) is 0 Å². The van der Waals surface area contributed by atoms with Gasteiger partial charge in [0.1, 0.15) is 24.4 Å². The van der Waals surface area contributed by atoms with Gasteiger partial charge in [-0.25, -0.2) is 9.67 Å². The van der Waals surface area contributed by atoms with Gasteiger partial charge < -0.3 is 15.0 Å². The summed E-state index contributed by atoms with van der Waals surface area (Å²) in [7, 11) is 1.67. The maximum absolute atomic E-state index is 12.3. The van der Waals surface area contributed by atoms with E-state index in [2.05, 4.69) is 32.4 Å². The quantitative estimate of drug-likeness (QED) is 0.903. The molecule has 7 nitrogen and oxygen atoms in total. The summed E-state index contributed by atoms with van der Waals surface area (Å²) >= 11 is 0. The molecule has 2 heterocycles. The maximum Gasteiger partial charge on any atom is 0.244 e. The summed E-state index contributed by atoms with van der Waals surface area (Å²) in [5.41, 5.74) is 1.19. The van der Waals surface area contributed by atoms with Crippen LogP contribution in [0.25, 0.3) is 0 Å². The predicted octanol–water partition coefficient (Wildman–Crippen LogP) is 1.63. The van der Waals surface area contributed by atoms with Gasteiger partial charge in [-0.15, -0.1) is 0 Å². The van der Waals surface area contributed by atoms with Crippen LogP contribution in [0.5, 0.6) is 5.75 Å². The van der Waals surface area contributed by atoms with E-state index in [1.54, 1.807) is 18.1 Å². The summed E-state index contributed by atoms with van der Waals surface area (Å²) in [5.74, 6) is 0.853. The van der Waals surface area contributed by atoms with Crippen molar-refractivity contribution < 1.29 is 9.53 Å². The van der Waals surface area contributed by atoms with Gasteiger partial charge in [0.2, 0.25) is 5.91 Å². The maximum atomic E-state index is 12.3. The number of benzene rings is 1. The molecule has 1 fully saturated rings. The molecular formula is C17H23N5O2. The van der Waals surface area contributed by atoms with Crippen LogP contribution in [0, 0.1) is 0 Å². The lowest BCUT2D eigenvalue weighted by atomic mass is 10.0. The average molecular weight is 329 g/mol. The number of nitrogens with zero attached hydrogens (tertiary/aromatic N) is 4. The summed E-state index contributed by atoms with van der Waals surface area (Å²) < 4.78 is 6.76. The van der Waals surface area contributed by atoms with E-state index < -0.39 is 0 Å². The number of rotatable bonds is 5. The Morgan fingerprint density at radius 2 is 2.00 bits per heavy atom. The molecule has 2 aromatic rings. The second-order valence-electron chi connectivity index (χ2n) is 6.02. The minimum absolute atomic E-state index is 0.0107. The molecule has 3 rings (SSSR count). The van der Waals surface area contributed by atoms with Crippen LogP contribution < -0.4 is 15.0 Å². The van der Waals surface area contributed by atoms with E-state index in [0.717, 1.165) is 31.7 Å². The second-order valence-corrected chi connectivity index (χ2v) is 6.02. The third kappa shape index (κ3) is 3.67. The Kier molecular flexibility index (Phi) is 4.98. The molecule has 1 N–H and O–H groups in total. The van der Waals surface area contributed by atoms with Gasteiger partial charge in [0.05, 0.1) is 7.11 Å². The number of aromatic nitrogens is 3. The fourth-order valence-electron chi connectivity index (χ4n) is 2.93. The van der Waals surface area contributed by atoms with Gasteiger partial charge in [-0.3, -0.25) is 4.79 Å². The van der Waals surface area contributed by atoms with Gasteiger partial charge >= 0.3 is 0 Å². The van der Waals surface area contributed by atoms with E-state index in [1.807, 2.05) is 19.1 Å². The lowest BCUT2D eigenvalue weighted by Gasteiger charge is -2.34. The van der Waals surface area contributed by atoms with Gasteiger partial charge in [-0.05, 0) is 44.0 Å². The van der Waals surface area contributed by atoms with Crippen LogP contribution in [-0.4, -0.2) is 46.9 Å². The normalized spacial score (nSPS) is 16.7. The lowest BCUT2D eigenvalue weighted by Crippen LogP contribution is -2.46. The van der Waals surface area contributed by atoms with E-state index >= 15 is 0 Å². The number of methoxy groups -OCH3 is 1. The first-order valence-corrected chi connectivity index (χ1v) is 8.21. The van der Waals surface area contributed by atoms with Crippen LogP contribution >= 0.6 is 0 Å². The standard InChI is InChI=1S/C17H23N5O2/c1-13(22-12-18-11-19-22)17(23)20-14-7-9-21(10-8-14)15-3-5-16(24-2)6-4-15/h3-6,11-14H,7-10H2,1-2H3,(H,20,23)/t13-/m1/s1. The number of hydrogen-bond donors (Lipinski definition) is 1. The third-order valence-corrected chi connectivity index (χ3v) is 4.49. The molecule has 0 aliphatic carbocycles. The molecule has 0 unspecified atom stereocenters. The van der Waals surface area contributed by atoms with Crippen molar-refractivity contribution in [2.24, 2.45) is 0 Å². The summed E-state index contributed by atoms with van der Waals surface area (Å²) in [6, 6.07) is 7.96. The Labute approximate surface area is 141 Å². The Bertz CT molecular complexity index is 648. The summed E-state index contributed by atoms with van der Waals surface area (Å²) in [4.78, 5) is 18.5. The first kappa shape index (κ1) is 16.3. The van der Waals surface area contributed by atoms with Gasteiger partial charge in [0, 0.05) is 24.8 Å². The van der Waals surface area contributed by atoms with Crippen molar-refractivity contribution in [1.29, 1.82) is 0 Å². The van der Waals surface area contributed by atoms with Crippen molar-refractivity contribution in [1.82, 2.24) is 20.1 Å². The van der Waals surface area contributed by atoms with Crippen molar-refractivity contribution in [3.63, 3.8) is 0 Å². The average Bonchev–Trinajstić information content (AvgIpc) is 3.16. The molecule has 0 radical (unpaired) electrons. The van der Waals surface area contributed by atoms with Crippen molar-refractivity contribution in [2.75, 3.05) is 25.1 Å². The number of carbonyl (C=O) groups is 1. The van der Waals surface area contributed by atoms with Crippen LogP contribution in [-0.2, 0) is 4.79 Å². The molecule has 0 spiro atoms. The van der Waals surface area contributed by atoms with Gasteiger partial charge in [-0.2, -0.15) is 5.10 Å². The highest BCUT2D eigenvalue weighted by atomic mass is 16.5. The number of nitrogens with one attached hydrogen (secondary N) is 1. The van der Waals surface area contributed by atoms with Crippen LogP contribution in [0.15, 0.2) is 36.9 Å². The van der Waals surface area contributed by atoms with Gasteiger partial charge in [-0.1, -0.05) is 0 Å². The Balaban J connectivity index is 1.50. The van der Waals surface area contributed by atoms with Crippen LogP contribution in [0.3, 0.4) is 0 Å². The zero-order chi connectivity index (χ0) is 16.9. The molecule has 0 bridgehead atoms. The summed E-state index contributed by atoms with van der Waals surface area (Å²) in [6.45, 7) is 3.68. The van der Waals surface area contributed by atoms with E-state index in [4.69, 9.17) is 4.74 Å². The summed E-state index contributed by atoms with van der Waals surface area (Å²) in [5, 5.41) is 7.15. The van der Waals surface area contributed by atoms with Crippen LogP contribution in [0.2, 0.25) is 0 Å². The van der Waals surface area contributed by atoms with Crippen molar-refractivity contribution in [3.8, 4) is 5.75 Å². The lowest BCUT2D eigenvalue weighted by molar-refractivity contribution is -0.125. The Morgan fingerprint density at radius 3 is 2.58 bits per heavy atom. The Hall–Kier alpha value is -2.57. The Morgan fingerprint density at radius 1 is 1.29 bits per heavy atom. The van der Waals surface area contributed by atoms with Crippen molar-refractivity contribution >= 4 is 11.6 Å². The minimum atomic E-state index is -0.341. The molecule has 1 atom stereocenters. The number of amides is 1. The highest BCUT2D eigenvalue weighted by Gasteiger charge is 2.23. The first-order valence-electron chi connectivity index (χ1n) is 8.21. The van der Waals surface area contributed by atoms with Crippen molar-refractivity contribution in [2.45, 2.75) is 31.8 Å². The molecule has 7 heteroatoms. The first-order chi connectivity index (χ1) is 11.7. The van der Waals surface area contributed by atoms with E-state index in [0.29, 0.717) is 0 Å². The zero-order valence-electron chi connectivity index (χ0n) is 14.1. The molecule has 1 amide bonds. The van der Waals surface area contributed by atoms with E-state index in [1.165, 1.54) is 12.0 Å². The number of piperidine rings is 1. The summed E-state index contributed by atoms with van der Waals surface area (Å²) in [6.07, 6.45) is 4.87. The number of ether oxygens (including phenoxy) is 1. The molecule has 1 aromatic carbocycles. The SMILES string of the molecule is COc1ccc(N2CCC(NC(=O)[C@@H](C)n3cncn3)CC2)cc1. The molecular weight excluding hydrogens is 306 g/mol. The van der Waals surface area contributed by atoms with Gasteiger partial charge in [0.15, 0.2) is 0 Å². The monoisotopic (exact) mass is 329 g/mol. The number of anilines is 1. The smallest absolute Gasteiger partial charge is 0.244 e. The van der Waals surface area contributed by atoms with E-state index in [9.17, 15) is 4.79 Å². The highest BCUT2D eigenvalue weighted by Crippen LogP contribution is 2.23. The topological polar surface area (TPSA) is 72.3 Å². The molecule has 24 heavy (non-hydrogen) atoms. The molecule has 1 aliphatic rings. The fourth-order valence-corrected chi connectivity index (χ4v) is 2.93. The fraction of sp³-hybridized carbons (Fsp3) is 0.471.